The van der Waals surface area contributed by atoms with Gasteiger partial charge in [0.25, 0.3) is 0 Å². The molecule has 0 amide bonds. The minimum atomic E-state index is -1.11. The maximum Gasteiger partial charge on any atom is 0.112 e. The first-order valence-electron chi connectivity index (χ1n) is 6.28. The highest BCUT2D eigenvalue weighted by atomic mass is 16.3. The van der Waals surface area contributed by atoms with Gasteiger partial charge in [-0.1, -0.05) is 12.1 Å². The molecule has 2 rings (SSSR count). The lowest BCUT2D eigenvalue weighted by atomic mass is 9.99. The van der Waals surface area contributed by atoms with Gasteiger partial charge in [0, 0.05) is 13.0 Å². The van der Waals surface area contributed by atoms with Gasteiger partial charge in [-0.15, -0.1) is 0 Å². The van der Waals surface area contributed by atoms with E-state index in [2.05, 4.69) is 9.55 Å². The molecule has 0 saturated carbocycles. The zero-order chi connectivity index (χ0) is 13.3. The summed E-state index contributed by atoms with van der Waals surface area (Å²) in [7, 11) is 0. The van der Waals surface area contributed by atoms with Crippen LogP contribution in [0.3, 0.4) is 0 Å². The molecular weight excluding hydrogens is 228 g/mol. The van der Waals surface area contributed by atoms with Gasteiger partial charge in [-0.3, -0.25) is 0 Å². The minimum absolute atomic E-state index is 0.353. The van der Waals surface area contributed by atoms with Crippen molar-refractivity contribution in [3.8, 4) is 0 Å². The molecule has 1 heterocycles. The quantitative estimate of drug-likeness (QED) is 0.866. The zero-order valence-electron chi connectivity index (χ0n) is 11.1. The van der Waals surface area contributed by atoms with Crippen LogP contribution in [-0.4, -0.2) is 31.5 Å². The third kappa shape index (κ3) is 2.40. The Morgan fingerprint density at radius 1 is 1.33 bits per heavy atom. The largest absolute Gasteiger partial charge is 0.390 e. The lowest BCUT2D eigenvalue weighted by Crippen LogP contribution is -2.38. The van der Waals surface area contributed by atoms with Crippen molar-refractivity contribution in [2.24, 2.45) is 0 Å². The van der Waals surface area contributed by atoms with Crippen LogP contribution in [-0.2, 0) is 13.0 Å². The lowest BCUT2D eigenvalue weighted by Gasteiger charge is -2.24. The average molecular weight is 248 g/mol. The molecule has 18 heavy (non-hydrogen) atoms. The molecule has 1 aromatic heterocycles. The second-order valence-corrected chi connectivity index (χ2v) is 5.13. The van der Waals surface area contributed by atoms with Gasteiger partial charge in [-0.25, -0.2) is 4.98 Å². The van der Waals surface area contributed by atoms with Crippen LogP contribution in [0.4, 0.5) is 0 Å². The number of hydrogen-bond acceptors (Lipinski definition) is 3. The van der Waals surface area contributed by atoms with Crippen LogP contribution < -0.4 is 0 Å². The van der Waals surface area contributed by atoms with E-state index >= 15 is 0 Å². The number of rotatable bonds is 4. The van der Waals surface area contributed by atoms with E-state index in [1.165, 1.54) is 0 Å². The Morgan fingerprint density at radius 3 is 2.61 bits per heavy atom. The number of hydrogen-bond donors (Lipinski definition) is 2. The Hall–Kier alpha value is -1.39. The summed E-state index contributed by atoms with van der Waals surface area (Å²) in [5.74, 6) is 0.813. The normalized spacial score (nSPS) is 14.1. The molecular formula is C14H20N2O2. The Labute approximate surface area is 107 Å². The second kappa shape index (κ2) is 4.71. The van der Waals surface area contributed by atoms with Gasteiger partial charge in [-0.05, 0) is 32.9 Å². The third-order valence-electron chi connectivity index (χ3n) is 3.24. The molecule has 0 aliphatic carbocycles. The first kappa shape index (κ1) is 13.1. The third-order valence-corrected chi connectivity index (χ3v) is 3.24. The van der Waals surface area contributed by atoms with E-state index in [1.807, 2.05) is 31.2 Å². The topological polar surface area (TPSA) is 58.3 Å². The molecule has 0 saturated heterocycles. The molecule has 0 radical (unpaired) electrons. The summed E-state index contributed by atoms with van der Waals surface area (Å²) >= 11 is 0. The van der Waals surface area contributed by atoms with Crippen molar-refractivity contribution < 1.29 is 10.2 Å². The molecule has 1 atom stereocenters. The van der Waals surface area contributed by atoms with E-state index in [1.54, 1.807) is 13.8 Å². The fourth-order valence-electron chi connectivity index (χ4n) is 2.06. The maximum absolute atomic E-state index is 9.98. The van der Waals surface area contributed by atoms with E-state index in [0.29, 0.717) is 6.42 Å². The molecule has 98 valence electrons. The first-order chi connectivity index (χ1) is 8.43. The molecule has 2 aromatic rings. The van der Waals surface area contributed by atoms with Crippen molar-refractivity contribution in [2.45, 2.75) is 45.4 Å². The van der Waals surface area contributed by atoms with Crippen molar-refractivity contribution in [2.75, 3.05) is 0 Å². The van der Waals surface area contributed by atoms with E-state index < -0.39 is 11.7 Å². The standard InChI is InChI=1S/C14H20N2O2/c1-4-16-11-8-6-5-7-10(11)15-13(16)9-12(17)14(2,3)18/h5-8,12,17-18H,4,9H2,1-3H3. The van der Waals surface area contributed by atoms with Crippen molar-refractivity contribution in [1.82, 2.24) is 9.55 Å². The lowest BCUT2D eigenvalue weighted by molar-refractivity contribution is -0.0480. The van der Waals surface area contributed by atoms with Crippen molar-refractivity contribution in [1.29, 1.82) is 0 Å². The summed E-state index contributed by atoms with van der Waals surface area (Å²) in [5.41, 5.74) is 0.881. The summed E-state index contributed by atoms with van der Waals surface area (Å²) in [4.78, 5) is 4.53. The van der Waals surface area contributed by atoms with Crippen LogP contribution in [0.2, 0.25) is 0 Å². The van der Waals surface area contributed by atoms with Gasteiger partial charge in [-0.2, -0.15) is 0 Å². The number of aryl methyl sites for hydroxylation is 1. The molecule has 0 aliphatic rings. The summed E-state index contributed by atoms with van der Waals surface area (Å²) in [6.07, 6.45) is -0.467. The molecule has 0 bridgehead atoms. The number of benzene rings is 1. The smallest absolute Gasteiger partial charge is 0.112 e. The van der Waals surface area contributed by atoms with Gasteiger partial charge in [0.1, 0.15) is 5.82 Å². The molecule has 4 nitrogen and oxygen atoms in total. The zero-order valence-corrected chi connectivity index (χ0v) is 11.1. The maximum atomic E-state index is 9.98. The predicted octanol–water partition coefficient (Wildman–Crippen LogP) is 1.73. The van der Waals surface area contributed by atoms with E-state index in [4.69, 9.17) is 0 Å². The van der Waals surface area contributed by atoms with Crippen molar-refractivity contribution >= 4 is 11.0 Å². The highest BCUT2D eigenvalue weighted by Crippen LogP contribution is 2.19. The Morgan fingerprint density at radius 2 is 2.00 bits per heavy atom. The number of fused-ring (bicyclic) bond motifs is 1. The highest BCUT2D eigenvalue weighted by Gasteiger charge is 2.26. The van der Waals surface area contributed by atoms with Gasteiger partial charge in [0.15, 0.2) is 0 Å². The van der Waals surface area contributed by atoms with Crippen LogP contribution in [0.15, 0.2) is 24.3 Å². The van der Waals surface area contributed by atoms with E-state index in [0.717, 1.165) is 23.4 Å². The van der Waals surface area contributed by atoms with Crippen molar-refractivity contribution in [3.63, 3.8) is 0 Å². The molecule has 2 N–H and O–H groups in total. The Bertz CT molecular complexity index is 540. The number of nitrogens with zero attached hydrogens (tertiary/aromatic N) is 2. The minimum Gasteiger partial charge on any atom is -0.390 e. The van der Waals surface area contributed by atoms with Crippen LogP contribution in [0.25, 0.3) is 11.0 Å². The predicted molar refractivity (Wildman–Crippen MR) is 71.4 cm³/mol. The van der Waals surface area contributed by atoms with Crippen LogP contribution in [0.5, 0.6) is 0 Å². The SMILES string of the molecule is CCn1c(CC(O)C(C)(C)O)nc2ccccc21. The average Bonchev–Trinajstić information content (AvgIpc) is 2.64. The molecule has 1 aromatic carbocycles. The summed E-state index contributed by atoms with van der Waals surface area (Å²) in [6, 6.07) is 7.91. The Kier molecular flexibility index (Phi) is 3.41. The van der Waals surface area contributed by atoms with E-state index in [9.17, 15) is 10.2 Å². The number of aromatic nitrogens is 2. The number of para-hydroxylation sites is 2. The summed E-state index contributed by atoms with van der Waals surface area (Å²) < 4.78 is 2.07. The van der Waals surface area contributed by atoms with Gasteiger partial charge < -0.3 is 14.8 Å². The number of aliphatic hydroxyl groups is 2. The van der Waals surface area contributed by atoms with E-state index in [-0.39, 0.29) is 0 Å². The molecule has 0 fully saturated rings. The molecule has 0 aliphatic heterocycles. The van der Waals surface area contributed by atoms with Gasteiger partial charge >= 0.3 is 0 Å². The monoisotopic (exact) mass is 248 g/mol. The molecule has 0 spiro atoms. The second-order valence-electron chi connectivity index (χ2n) is 5.13. The Balaban J connectivity index is 2.39. The highest BCUT2D eigenvalue weighted by molar-refractivity contribution is 5.75. The van der Waals surface area contributed by atoms with Crippen LogP contribution in [0, 0.1) is 0 Å². The van der Waals surface area contributed by atoms with Crippen LogP contribution >= 0.6 is 0 Å². The fourth-order valence-corrected chi connectivity index (χ4v) is 2.06. The number of imidazole rings is 1. The van der Waals surface area contributed by atoms with Gasteiger partial charge in [0.05, 0.1) is 22.7 Å². The van der Waals surface area contributed by atoms with Crippen LogP contribution in [0.1, 0.15) is 26.6 Å². The molecule has 4 heteroatoms. The molecule has 1 unspecified atom stereocenters. The number of aliphatic hydroxyl groups excluding tert-OH is 1. The van der Waals surface area contributed by atoms with Gasteiger partial charge in [0.2, 0.25) is 0 Å². The van der Waals surface area contributed by atoms with Crippen molar-refractivity contribution in [3.05, 3.63) is 30.1 Å². The summed E-state index contributed by atoms with van der Waals surface area (Å²) in [5, 5.41) is 19.8. The fraction of sp³-hybridized carbons (Fsp3) is 0.500. The first-order valence-corrected chi connectivity index (χ1v) is 6.28. The summed E-state index contributed by atoms with van der Waals surface area (Å²) in [6.45, 7) is 6.07.